The third kappa shape index (κ3) is 8.31. The summed E-state index contributed by atoms with van der Waals surface area (Å²) in [6.07, 6.45) is 9.12. The summed E-state index contributed by atoms with van der Waals surface area (Å²) in [6, 6.07) is 2.61. The first-order valence-electron chi connectivity index (χ1n) is 11.0. The molecule has 0 heterocycles. The van der Waals surface area contributed by atoms with Gasteiger partial charge in [0.1, 0.15) is 0 Å². The monoisotopic (exact) mass is 604 g/mol. The average molecular weight is 605 g/mol. The van der Waals surface area contributed by atoms with E-state index in [1.54, 1.807) is 22.9 Å². The van der Waals surface area contributed by atoms with Crippen LogP contribution in [0.4, 0.5) is 0 Å². The first-order valence-corrected chi connectivity index (χ1v) is 20.6. The molecular weight excluding hydrogens is 560 g/mol. The smallest absolute Gasteiger partial charge is 0.0680 e. The molecule has 0 unspecified atom stereocenters. The zero-order chi connectivity index (χ0) is 21.9. The van der Waals surface area contributed by atoms with Gasteiger partial charge in [0, 0.05) is 36.9 Å². The van der Waals surface area contributed by atoms with Gasteiger partial charge in [0.2, 0.25) is 0 Å². The Kier molecular flexibility index (Phi) is 13.2. The van der Waals surface area contributed by atoms with E-state index in [9.17, 15) is 0 Å². The van der Waals surface area contributed by atoms with E-state index in [4.69, 9.17) is 0 Å². The maximum atomic E-state index is 2.65. The van der Waals surface area contributed by atoms with Gasteiger partial charge in [-0.1, -0.05) is 92.9 Å². The molecule has 2 fully saturated rings. The minimum Gasteiger partial charge on any atom is -0.327 e. The van der Waals surface area contributed by atoms with Crippen LogP contribution in [0, 0.1) is 103 Å². The SMILES string of the molecule is CC[Si](CC)([C]1[CH][CH][CH][CH]1)[C]1[C](C)[C](C)[C](C)[C]1C.C[Si](C)(C)[CH-][Si](C)(C)C.[Lu]. The first-order chi connectivity index (χ1) is 12.7. The zero-order valence-electron chi connectivity index (χ0n) is 21.1. The molecule has 4 heteroatoms. The second kappa shape index (κ2) is 12.4. The molecule has 0 saturated heterocycles. The van der Waals surface area contributed by atoms with Crippen molar-refractivity contribution in [1.82, 2.24) is 0 Å². The zero-order valence-corrected chi connectivity index (χ0v) is 25.7. The number of hydrogen-bond donors (Lipinski definition) is 0. The van der Waals surface area contributed by atoms with E-state index in [0.717, 1.165) is 0 Å². The molecule has 173 valence electrons. The van der Waals surface area contributed by atoms with Gasteiger partial charge in [-0.3, -0.25) is 0 Å². The van der Waals surface area contributed by atoms with Crippen molar-refractivity contribution in [3.05, 3.63) is 66.1 Å². The van der Waals surface area contributed by atoms with Crippen molar-refractivity contribution < 1.29 is 36.9 Å². The third-order valence-corrected chi connectivity index (χ3v) is 18.7. The van der Waals surface area contributed by atoms with E-state index >= 15 is 0 Å². The van der Waals surface area contributed by atoms with Gasteiger partial charge in [-0.2, -0.15) is 0 Å². The van der Waals surface area contributed by atoms with Crippen LogP contribution in [0.5, 0.6) is 0 Å². The minimum atomic E-state index is -1.54. The van der Waals surface area contributed by atoms with E-state index in [1.165, 1.54) is 23.9 Å². The Labute approximate surface area is 218 Å². The maximum Gasteiger partial charge on any atom is 0.0680 e. The van der Waals surface area contributed by atoms with Crippen molar-refractivity contribution in [2.45, 2.75) is 92.9 Å². The standard InChI is InChI=1S/C18H26Si.C7H19Si2.Lu/c1-7-19(8-2,17-11-9-10-12-17)18-15(5)13(3)14(4)16(18)6;1-8(2,3)7-9(4,5)6;/h9-12H,7-8H2,1-6H3;7H,1-6H3;/q;-1;. The van der Waals surface area contributed by atoms with Crippen LogP contribution in [-0.2, 0) is 0 Å². The summed E-state index contributed by atoms with van der Waals surface area (Å²) in [7, 11) is -3.25. The molecule has 0 amide bonds. The fraction of sp³-hybridized carbons (Fsp3) is 0.560. The normalized spacial score (nSPS) is 21.9. The van der Waals surface area contributed by atoms with E-state index in [-0.39, 0.29) is 36.9 Å². The van der Waals surface area contributed by atoms with E-state index < -0.39 is 24.2 Å². The average Bonchev–Trinajstić information content (AvgIpc) is 3.14. The van der Waals surface area contributed by atoms with E-state index in [2.05, 4.69) is 112 Å². The first kappa shape index (κ1) is 30.9. The van der Waals surface area contributed by atoms with Gasteiger partial charge in [-0.05, 0) is 60.4 Å². The van der Waals surface area contributed by atoms with Crippen molar-refractivity contribution in [2.75, 3.05) is 0 Å². The molecule has 0 atom stereocenters. The maximum absolute atomic E-state index is 2.65. The van der Waals surface area contributed by atoms with Crippen LogP contribution in [0.3, 0.4) is 0 Å². The van der Waals surface area contributed by atoms with Gasteiger partial charge in [0.25, 0.3) is 0 Å². The van der Waals surface area contributed by atoms with Crippen molar-refractivity contribution in [3.8, 4) is 0 Å². The topological polar surface area (TPSA) is 0 Å². The Bertz CT molecular complexity index is 430. The Balaban J connectivity index is 0.000000672. The minimum absolute atomic E-state index is 0. The summed E-state index contributed by atoms with van der Waals surface area (Å²) < 4.78 is 0. The summed E-state index contributed by atoms with van der Waals surface area (Å²) in [5.41, 5.74) is 5.99. The predicted molar refractivity (Wildman–Crippen MR) is 137 cm³/mol. The Morgan fingerprint density at radius 3 is 1.24 bits per heavy atom. The molecule has 0 aromatic heterocycles. The fourth-order valence-electron chi connectivity index (χ4n) is 5.08. The van der Waals surface area contributed by atoms with Crippen LogP contribution in [-0.4, -0.2) is 24.2 Å². The van der Waals surface area contributed by atoms with E-state index in [0.29, 0.717) is 0 Å². The molecule has 0 aliphatic heterocycles. The number of hydrogen-bond acceptors (Lipinski definition) is 0. The van der Waals surface area contributed by atoms with Crippen molar-refractivity contribution in [1.29, 1.82) is 0 Å². The van der Waals surface area contributed by atoms with Gasteiger partial charge >= 0.3 is 0 Å². The van der Waals surface area contributed by atoms with Crippen molar-refractivity contribution in [2.24, 2.45) is 0 Å². The van der Waals surface area contributed by atoms with Gasteiger partial charge in [0.05, 0.1) is 8.07 Å². The van der Waals surface area contributed by atoms with Gasteiger partial charge < -0.3 is 5.67 Å². The summed E-state index contributed by atoms with van der Waals surface area (Å²) in [5, 5.41) is 0. The number of rotatable bonds is 6. The molecule has 2 rings (SSSR count). The molecule has 2 saturated carbocycles. The van der Waals surface area contributed by atoms with Crippen LogP contribution in [0.25, 0.3) is 0 Å². The Hall–Kier alpha value is 1.88. The summed E-state index contributed by atoms with van der Waals surface area (Å²) in [6.45, 7) is 28.5. The van der Waals surface area contributed by atoms with Crippen molar-refractivity contribution in [3.63, 3.8) is 0 Å². The van der Waals surface area contributed by atoms with Crippen LogP contribution in [0.2, 0.25) is 51.4 Å². The van der Waals surface area contributed by atoms with Crippen LogP contribution in [0.15, 0.2) is 0 Å². The van der Waals surface area contributed by atoms with Crippen molar-refractivity contribution >= 4 is 24.2 Å². The Morgan fingerprint density at radius 2 is 1.00 bits per heavy atom. The van der Waals surface area contributed by atoms with Gasteiger partial charge in [-0.25, -0.2) is 0 Å². The molecule has 0 nitrogen and oxygen atoms in total. The second-order valence-electron chi connectivity index (χ2n) is 10.7. The molecule has 0 N–H and O–H groups in total. The summed E-state index contributed by atoms with van der Waals surface area (Å²) in [4.78, 5) is 0. The van der Waals surface area contributed by atoms with Crippen LogP contribution < -0.4 is 0 Å². The van der Waals surface area contributed by atoms with Gasteiger partial charge in [0.15, 0.2) is 0 Å². The molecule has 2 aliphatic carbocycles. The molecule has 2 aliphatic rings. The molecule has 0 aromatic carbocycles. The summed E-state index contributed by atoms with van der Waals surface area (Å²) >= 11 is 0. The van der Waals surface area contributed by atoms with E-state index in [1.807, 2.05) is 0 Å². The Morgan fingerprint density at radius 1 is 0.655 bits per heavy atom. The van der Waals surface area contributed by atoms with Crippen LogP contribution >= 0.6 is 0 Å². The second-order valence-corrected chi connectivity index (χ2v) is 26.0. The fourth-order valence-corrected chi connectivity index (χ4v) is 20.4. The largest absolute Gasteiger partial charge is 0.327 e. The molecule has 11 radical (unpaired) electrons. The van der Waals surface area contributed by atoms with Crippen LogP contribution in [0.1, 0.15) is 41.5 Å². The third-order valence-electron chi connectivity index (χ3n) is 6.20. The predicted octanol–water partition coefficient (Wildman–Crippen LogP) is 7.87. The molecule has 0 bridgehead atoms. The molecular formula is C25H45LuSi3-. The molecule has 0 spiro atoms. The quantitative estimate of drug-likeness (QED) is 0.214. The summed E-state index contributed by atoms with van der Waals surface area (Å²) in [5.74, 6) is 6.15. The van der Waals surface area contributed by atoms with Gasteiger partial charge in [-0.15, -0.1) is 16.1 Å². The molecule has 0 aromatic rings. The molecule has 29 heavy (non-hydrogen) atoms.